The Morgan fingerprint density at radius 3 is 2.14 bits per heavy atom. The molecular formula is C25H20F3N3O4. The second kappa shape index (κ2) is 9.21. The number of hydrogen-bond donors (Lipinski definition) is 0. The van der Waals surface area contributed by atoms with Crippen molar-refractivity contribution in [3.63, 3.8) is 0 Å². The van der Waals surface area contributed by atoms with Crippen LogP contribution in [-0.4, -0.2) is 35.4 Å². The van der Waals surface area contributed by atoms with E-state index in [9.17, 15) is 22.8 Å². The summed E-state index contributed by atoms with van der Waals surface area (Å²) in [5, 5.41) is 8.08. The molecule has 0 saturated carbocycles. The van der Waals surface area contributed by atoms with E-state index in [1.54, 1.807) is 43.3 Å². The number of ether oxygens (including phenoxy) is 2. The number of nitrogens with zero attached hydrogens (tertiary/aromatic N) is 3. The van der Waals surface area contributed by atoms with Crippen LogP contribution in [0.5, 0.6) is 5.75 Å². The molecule has 7 nitrogen and oxygen atoms in total. The Hall–Kier alpha value is -4.21. The lowest BCUT2D eigenvalue weighted by Gasteiger charge is -2.25. The number of halogens is 3. The molecule has 4 rings (SSSR count). The number of aryl methyl sites for hydroxylation is 2. The minimum Gasteiger partial charge on any atom is -0.491 e. The molecule has 0 radical (unpaired) electrons. The second-order valence-corrected chi connectivity index (χ2v) is 7.87. The van der Waals surface area contributed by atoms with Gasteiger partial charge in [-0.05, 0) is 43.7 Å². The molecule has 180 valence electrons. The van der Waals surface area contributed by atoms with Crippen molar-refractivity contribution < 1.29 is 32.2 Å². The number of anilines is 1. The van der Waals surface area contributed by atoms with Crippen LogP contribution in [0.4, 0.5) is 19.0 Å². The van der Waals surface area contributed by atoms with E-state index in [-0.39, 0.29) is 17.2 Å². The maximum atomic E-state index is 13.6. The van der Waals surface area contributed by atoms with Crippen molar-refractivity contribution in [1.29, 1.82) is 0 Å². The van der Waals surface area contributed by atoms with Crippen molar-refractivity contribution >= 4 is 17.5 Å². The zero-order chi connectivity index (χ0) is 25.3. The number of carbonyl (C=O) groups is 2. The number of hydrogen-bond acceptors (Lipinski definition) is 6. The highest BCUT2D eigenvalue weighted by Gasteiger charge is 2.46. The molecule has 1 unspecified atom stereocenters. The molecule has 0 spiro atoms. The Balaban J connectivity index is 1.85. The van der Waals surface area contributed by atoms with Gasteiger partial charge < -0.3 is 9.47 Å². The van der Waals surface area contributed by atoms with Gasteiger partial charge in [0.1, 0.15) is 5.75 Å². The van der Waals surface area contributed by atoms with Gasteiger partial charge >= 0.3 is 6.36 Å². The highest BCUT2D eigenvalue weighted by Crippen LogP contribution is 2.42. The molecule has 0 bridgehead atoms. The molecule has 0 fully saturated rings. The lowest BCUT2D eigenvalue weighted by molar-refractivity contribution is -0.274. The van der Waals surface area contributed by atoms with E-state index in [0.29, 0.717) is 16.8 Å². The lowest BCUT2D eigenvalue weighted by atomic mass is 9.92. The van der Waals surface area contributed by atoms with Gasteiger partial charge in [0.05, 0.1) is 24.4 Å². The van der Waals surface area contributed by atoms with Crippen LogP contribution in [0.1, 0.15) is 33.2 Å². The van der Waals surface area contributed by atoms with E-state index in [0.717, 1.165) is 17.7 Å². The molecule has 1 amide bonds. The molecule has 3 aromatic rings. The first-order valence-corrected chi connectivity index (χ1v) is 10.5. The highest BCUT2D eigenvalue weighted by atomic mass is 19.4. The molecule has 0 saturated heterocycles. The van der Waals surface area contributed by atoms with E-state index >= 15 is 0 Å². The van der Waals surface area contributed by atoms with Gasteiger partial charge in [-0.25, -0.2) is 0 Å². The molecule has 2 aromatic carbocycles. The summed E-state index contributed by atoms with van der Waals surface area (Å²) < 4.78 is 47.2. The van der Waals surface area contributed by atoms with Crippen molar-refractivity contribution in [1.82, 2.24) is 10.2 Å². The minimum absolute atomic E-state index is 0.0354. The number of alkyl halides is 3. The van der Waals surface area contributed by atoms with Crippen molar-refractivity contribution in [2.24, 2.45) is 0 Å². The number of rotatable bonds is 6. The van der Waals surface area contributed by atoms with Crippen LogP contribution < -0.4 is 9.64 Å². The van der Waals surface area contributed by atoms with Gasteiger partial charge in [-0.15, -0.1) is 18.3 Å². The summed E-state index contributed by atoms with van der Waals surface area (Å²) in [7, 11) is 1.28. The van der Waals surface area contributed by atoms with Crippen molar-refractivity contribution in [3.8, 4) is 5.75 Å². The molecule has 0 N–H and O–H groups in total. The van der Waals surface area contributed by atoms with Gasteiger partial charge in [-0.3, -0.25) is 14.5 Å². The summed E-state index contributed by atoms with van der Waals surface area (Å²) in [5.41, 5.74) is 2.28. The molecule has 0 aliphatic carbocycles. The largest absolute Gasteiger partial charge is 0.573 e. The van der Waals surface area contributed by atoms with Crippen LogP contribution in [0, 0.1) is 13.8 Å². The van der Waals surface area contributed by atoms with Crippen LogP contribution in [-0.2, 0) is 9.53 Å². The fourth-order valence-corrected chi connectivity index (χ4v) is 3.80. The molecule has 35 heavy (non-hydrogen) atoms. The Kier molecular flexibility index (Phi) is 6.29. The Bertz CT molecular complexity index is 1290. The summed E-state index contributed by atoms with van der Waals surface area (Å²) in [6, 6.07) is 13.9. The Labute approximate surface area is 198 Å². The van der Waals surface area contributed by atoms with Crippen LogP contribution in [0.15, 0.2) is 72.0 Å². The Morgan fingerprint density at radius 2 is 1.60 bits per heavy atom. The average Bonchev–Trinajstić information content (AvgIpc) is 3.11. The number of methoxy groups -OCH3 is 1. The molecule has 1 aromatic heterocycles. The fraction of sp³-hybridized carbons (Fsp3) is 0.200. The summed E-state index contributed by atoms with van der Waals surface area (Å²) in [4.78, 5) is 28.3. The number of amides is 1. The summed E-state index contributed by atoms with van der Waals surface area (Å²) in [6.07, 6.45) is -4.86. The van der Waals surface area contributed by atoms with E-state index in [2.05, 4.69) is 14.9 Å². The lowest BCUT2D eigenvalue weighted by Crippen LogP contribution is -2.32. The van der Waals surface area contributed by atoms with Gasteiger partial charge in [0.15, 0.2) is 17.4 Å². The van der Waals surface area contributed by atoms with Gasteiger partial charge in [0, 0.05) is 5.56 Å². The maximum absolute atomic E-state index is 13.6. The van der Waals surface area contributed by atoms with E-state index in [1.807, 2.05) is 6.92 Å². The van der Waals surface area contributed by atoms with Crippen molar-refractivity contribution in [3.05, 3.63) is 94.4 Å². The molecule has 1 aliphatic rings. The molecule has 2 heterocycles. The first kappa shape index (κ1) is 23.9. The number of ketones is 1. The summed E-state index contributed by atoms with van der Waals surface area (Å²) in [6.45, 7) is 3.60. The average molecular weight is 483 g/mol. The zero-order valence-corrected chi connectivity index (χ0v) is 19.0. The van der Waals surface area contributed by atoms with Crippen molar-refractivity contribution in [2.75, 3.05) is 12.0 Å². The number of carbonyl (C=O) groups excluding carboxylic acids is 2. The van der Waals surface area contributed by atoms with Crippen LogP contribution in [0.3, 0.4) is 0 Å². The molecule has 1 aliphatic heterocycles. The molecule has 1 atom stereocenters. The topological polar surface area (TPSA) is 81.6 Å². The zero-order valence-electron chi connectivity index (χ0n) is 19.0. The Morgan fingerprint density at radius 1 is 0.943 bits per heavy atom. The van der Waals surface area contributed by atoms with Crippen molar-refractivity contribution in [2.45, 2.75) is 26.3 Å². The SMILES string of the molecule is COC1=C(C(=O)c2ccc(C)cc2)C(c2ccc(OC(F)(F)F)cc2)N(c2ccc(C)nn2)C1=O. The third kappa shape index (κ3) is 4.86. The van der Waals surface area contributed by atoms with Crippen LogP contribution in [0.2, 0.25) is 0 Å². The quantitative estimate of drug-likeness (QED) is 0.466. The number of benzene rings is 2. The van der Waals surface area contributed by atoms with Gasteiger partial charge in [0.25, 0.3) is 5.91 Å². The highest BCUT2D eigenvalue weighted by molar-refractivity contribution is 6.20. The first-order valence-electron chi connectivity index (χ1n) is 10.5. The van der Waals surface area contributed by atoms with Crippen LogP contribution >= 0.6 is 0 Å². The third-order valence-corrected chi connectivity index (χ3v) is 5.41. The predicted molar refractivity (Wildman–Crippen MR) is 120 cm³/mol. The summed E-state index contributed by atoms with van der Waals surface area (Å²) >= 11 is 0. The normalized spacial score (nSPS) is 16.0. The number of aromatic nitrogens is 2. The van der Waals surface area contributed by atoms with Gasteiger partial charge in [0.2, 0.25) is 0 Å². The van der Waals surface area contributed by atoms with Gasteiger partial charge in [-0.1, -0.05) is 42.0 Å². The monoisotopic (exact) mass is 483 g/mol. The predicted octanol–water partition coefficient (Wildman–Crippen LogP) is 4.86. The minimum atomic E-state index is -4.86. The molecular weight excluding hydrogens is 463 g/mol. The second-order valence-electron chi connectivity index (χ2n) is 7.87. The first-order chi connectivity index (χ1) is 16.6. The maximum Gasteiger partial charge on any atom is 0.573 e. The standard InChI is InChI=1S/C25H20F3N3O4/c1-14-4-7-17(8-5-14)22(32)20-21(16-9-11-18(12-10-16)35-25(26,27)28)31(24(33)23(20)34-3)19-13-6-15(2)29-30-19/h4-13,21H,1-3H3. The smallest absolute Gasteiger partial charge is 0.491 e. The summed E-state index contributed by atoms with van der Waals surface area (Å²) in [5.74, 6) is -1.55. The van der Waals surface area contributed by atoms with E-state index in [4.69, 9.17) is 4.74 Å². The van der Waals surface area contributed by atoms with E-state index in [1.165, 1.54) is 24.1 Å². The van der Waals surface area contributed by atoms with Crippen LogP contribution in [0.25, 0.3) is 0 Å². The molecule has 10 heteroatoms. The third-order valence-electron chi connectivity index (χ3n) is 5.41. The van der Waals surface area contributed by atoms with E-state index < -0.39 is 29.8 Å². The van der Waals surface area contributed by atoms with Gasteiger partial charge in [-0.2, -0.15) is 5.10 Å². The fourth-order valence-electron chi connectivity index (χ4n) is 3.80. The number of Topliss-reactive ketones (excluding diaryl/α,β-unsaturated/α-hetero) is 1.